The number of aliphatic hydroxyl groups is 1. The van der Waals surface area contributed by atoms with E-state index in [-0.39, 0.29) is 5.63 Å². The number of aryl methyl sites for hydroxylation is 2. The summed E-state index contributed by atoms with van der Waals surface area (Å²) in [6.45, 7) is 6.22. The Labute approximate surface area is 158 Å². The van der Waals surface area contributed by atoms with Gasteiger partial charge in [-0.3, -0.25) is 9.88 Å². The van der Waals surface area contributed by atoms with Crippen molar-refractivity contribution in [2.24, 2.45) is 0 Å². The van der Waals surface area contributed by atoms with Crippen LogP contribution in [0.2, 0.25) is 0 Å². The maximum atomic E-state index is 12.0. The van der Waals surface area contributed by atoms with Crippen LogP contribution in [0.15, 0.2) is 51.9 Å². The van der Waals surface area contributed by atoms with E-state index in [1.165, 1.54) is 0 Å². The molecule has 0 bridgehead atoms. The summed E-state index contributed by atoms with van der Waals surface area (Å²) in [5, 5.41) is 12.0. The summed E-state index contributed by atoms with van der Waals surface area (Å²) in [6, 6.07) is 9.51. The minimum Gasteiger partial charge on any atom is -0.422 e. The van der Waals surface area contributed by atoms with Gasteiger partial charge < -0.3 is 9.52 Å². The van der Waals surface area contributed by atoms with Crippen molar-refractivity contribution in [2.45, 2.75) is 38.8 Å². The number of likely N-dealkylation sites (tertiary alicyclic amines) is 1. The maximum Gasteiger partial charge on any atom is 0.336 e. The van der Waals surface area contributed by atoms with Gasteiger partial charge >= 0.3 is 5.63 Å². The van der Waals surface area contributed by atoms with Crippen molar-refractivity contribution in [1.82, 2.24) is 9.88 Å². The van der Waals surface area contributed by atoms with Crippen LogP contribution < -0.4 is 5.63 Å². The van der Waals surface area contributed by atoms with E-state index in [9.17, 15) is 9.90 Å². The highest BCUT2D eigenvalue weighted by molar-refractivity contribution is 5.83. The maximum absolute atomic E-state index is 12.0. The van der Waals surface area contributed by atoms with Crippen LogP contribution in [0.5, 0.6) is 0 Å². The molecule has 5 nitrogen and oxygen atoms in total. The summed E-state index contributed by atoms with van der Waals surface area (Å²) in [5.74, 6) is 0. The summed E-state index contributed by atoms with van der Waals surface area (Å²) in [5.41, 5.74) is 3.53. The molecule has 27 heavy (non-hydrogen) atoms. The van der Waals surface area contributed by atoms with Crippen LogP contribution in [0, 0.1) is 13.8 Å². The largest absolute Gasteiger partial charge is 0.422 e. The van der Waals surface area contributed by atoms with Gasteiger partial charge in [0.05, 0.1) is 5.60 Å². The van der Waals surface area contributed by atoms with Gasteiger partial charge in [0.1, 0.15) is 5.58 Å². The first kappa shape index (κ1) is 17.9. The molecule has 140 valence electrons. The molecule has 1 aliphatic rings. The third-order valence-electron chi connectivity index (χ3n) is 5.54. The summed E-state index contributed by atoms with van der Waals surface area (Å²) >= 11 is 0. The number of hydrogen-bond acceptors (Lipinski definition) is 5. The van der Waals surface area contributed by atoms with E-state index >= 15 is 0 Å². The van der Waals surface area contributed by atoms with E-state index in [0.29, 0.717) is 25.0 Å². The van der Waals surface area contributed by atoms with Crippen molar-refractivity contribution in [2.75, 3.05) is 13.1 Å². The van der Waals surface area contributed by atoms with E-state index < -0.39 is 5.60 Å². The van der Waals surface area contributed by atoms with Crippen LogP contribution in [0.1, 0.15) is 35.1 Å². The Kier molecular flexibility index (Phi) is 4.58. The van der Waals surface area contributed by atoms with Gasteiger partial charge in [0.15, 0.2) is 0 Å². The molecule has 0 amide bonds. The highest BCUT2D eigenvalue weighted by Gasteiger charge is 2.34. The fraction of sp³-hybridized carbons (Fsp3) is 0.364. The van der Waals surface area contributed by atoms with Crippen LogP contribution in [-0.4, -0.2) is 28.1 Å². The van der Waals surface area contributed by atoms with Gasteiger partial charge in [0.25, 0.3) is 0 Å². The van der Waals surface area contributed by atoms with Gasteiger partial charge in [-0.15, -0.1) is 0 Å². The van der Waals surface area contributed by atoms with E-state index in [2.05, 4.69) is 22.9 Å². The zero-order valence-corrected chi connectivity index (χ0v) is 15.7. The predicted molar refractivity (Wildman–Crippen MR) is 105 cm³/mol. The van der Waals surface area contributed by atoms with Crippen molar-refractivity contribution in [3.8, 4) is 0 Å². The Bertz CT molecular complexity index is 1020. The number of pyridine rings is 1. The SMILES string of the molecule is Cc1cc(C)c2oc(=O)cc(CN3CCC(O)(c4cccnc4)CC3)c2c1. The Morgan fingerprint density at radius 3 is 2.70 bits per heavy atom. The molecular formula is C22H24N2O3. The topological polar surface area (TPSA) is 66.6 Å². The lowest BCUT2D eigenvalue weighted by molar-refractivity contribution is -0.0279. The molecule has 0 radical (unpaired) electrons. The second-order valence-electron chi connectivity index (χ2n) is 7.60. The second kappa shape index (κ2) is 6.91. The van der Waals surface area contributed by atoms with Crippen molar-refractivity contribution >= 4 is 11.0 Å². The molecule has 1 saturated heterocycles. The average Bonchev–Trinajstić information content (AvgIpc) is 2.65. The fourth-order valence-electron chi connectivity index (χ4n) is 4.06. The summed E-state index contributed by atoms with van der Waals surface area (Å²) in [6.07, 6.45) is 4.77. The van der Waals surface area contributed by atoms with E-state index in [1.807, 2.05) is 25.1 Å². The average molecular weight is 364 g/mol. The summed E-state index contributed by atoms with van der Waals surface area (Å²) in [7, 11) is 0. The highest BCUT2D eigenvalue weighted by Crippen LogP contribution is 2.33. The molecule has 5 heteroatoms. The number of rotatable bonds is 3. The Morgan fingerprint density at radius 2 is 2.00 bits per heavy atom. The van der Waals surface area contributed by atoms with Crippen LogP contribution in [-0.2, 0) is 12.1 Å². The molecule has 0 spiro atoms. The Morgan fingerprint density at radius 1 is 1.22 bits per heavy atom. The standard InChI is InChI=1S/C22H24N2O3/c1-15-10-16(2)21-19(11-15)17(12-20(25)27-21)14-24-8-5-22(26,6-9-24)18-4-3-7-23-13-18/h3-4,7,10-13,26H,5-6,8-9,14H2,1-2H3. The zero-order valence-electron chi connectivity index (χ0n) is 15.7. The second-order valence-corrected chi connectivity index (χ2v) is 7.60. The van der Waals surface area contributed by atoms with Crippen LogP contribution >= 0.6 is 0 Å². The number of nitrogens with zero attached hydrogens (tertiary/aromatic N) is 2. The zero-order chi connectivity index (χ0) is 19.0. The van der Waals surface area contributed by atoms with Crippen molar-refractivity contribution < 1.29 is 9.52 Å². The van der Waals surface area contributed by atoms with Crippen LogP contribution in [0.3, 0.4) is 0 Å². The number of benzene rings is 1. The minimum atomic E-state index is -0.824. The number of hydrogen-bond donors (Lipinski definition) is 1. The lowest BCUT2D eigenvalue weighted by Gasteiger charge is -2.38. The number of piperidine rings is 1. The monoisotopic (exact) mass is 364 g/mol. The van der Waals surface area contributed by atoms with Gasteiger partial charge in [0.2, 0.25) is 0 Å². The van der Waals surface area contributed by atoms with Gasteiger partial charge in [-0.2, -0.15) is 0 Å². The predicted octanol–water partition coefficient (Wildman–Crippen LogP) is 3.29. The normalized spacial score (nSPS) is 17.3. The number of fused-ring (bicyclic) bond motifs is 1. The van der Waals surface area contributed by atoms with Crippen molar-refractivity contribution in [3.63, 3.8) is 0 Å². The molecule has 0 atom stereocenters. The molecule has 0 saturated carbocycles. The van der Waals surface area contributed by atoms with Crippen LogP contribution in [0.25, 0.3) is 11.0 Å². The highest BCUT2D eigenvalue weighted by atomic mass is 16.4. The molecule has 3 aromatic rings. The third-order valence-corrected chi connectivity index (χ3v) is 5.54. The first-order valence-electron chi connectivity index (χ1n) is 9.34. The molecule has 0 unspecified atom stereocenters. The molecule has 1 fully saturated rings. The Balaban J connectivity index is 1.57. The molecule has 3 heterocycles. The molecule has 1 aliphatic heterocycles. The Hall–Kier alpha value is -2.50. The number of aromatic nitrogens is 1. The molecule has 4 rings (SSSR count). The third kappa shape index (κ3) is 3.53. The van der Waals surface area contributed by atoms with E-state index in [1.54, 1.807) is 18.5 Å². The molecule has 1 aromatic carbocycles. The summed E-state index contributed by atoms with van der Waals surface area (Å²) < 4.78 is 5.45. The van der Waals surface area contributed by atoms with E-state index in [4.69, 9.17) is 4.42 Å². The molecular weight excluding hydrogens is 340 g/mol. The molecule has 0 aliphatic carbocycles. The van der Waals surface area contributed by atoms with Crippen LogP contribution in [0.4, 0.5) is 0 Å². The van der Waals surface area contributed by atoms with Gasteiger partial charge in [0, 0.05) is 49.0 Å². The lowest BCUT2D eigenvalue weighted by Crippen LogP contribution is -2.42. The fourth-order valence-corrected chi connectivity index (χ4v) is 4.06. The van der Waals surface area contributed by atoms with Gasteiger partial charge in [-0.25, -0.2) is 4.79 Å². The lowest BCUT2D eigenvalue weighted by atomic mass is 9.85. The van der Waals surface area contributed by atoms with Crippen molar-refractivity contribution in [3.05, 3.63) is 75.4 Å². The first-order chi connectivity index (χ1) is 12.9. The minimum absolute atomic E-state index is 0.312. The summed E-state index contributed by atoms with van der Waals surface area (Å²) in [4.78, 5) is 18.5. The van der Waals surface area contributed by atoms with Crippen molar-refractivity contribution in [1.29, 1.82) is 0 Å². The smallest absolute Gasteiger partial charge is 0.336 e. The molecule has 1 N–H and O–H groups in total. The first-order valence-corrected chi connectivity index (χ1v) is 9.34. The van der Waals surface area contributed by atoms with Gasteiger partial charge in [-0.05, 0) is 55.5 Å². The van der Waals surface area contributed by atoms with Gasteiger partial charge in [-0.1, -0.05) is 12.1 Å². The molecule has 2 aromatic heterocycles. The quantitative estimate of drug-likeness (QED) is 0.723. The van der Waals surface area contributed by atoms with E-state index in [0.717, 1.165) is 40.7 Å².